The second kappa shape index (κ2) is 7.47. The standard InChI is InChI=1S/C21H27N7O/c1-4-15(2)9-19(29)28-7-5-17-20(24-14-26(17)3)21(28)6-8-27(13-21)18-12-23-11-16(10-22)25-18/h11-12,14-15H,4-9,13H2,1-3H3. The van der Waals surface area contributed by atoms with Crippen molar-refractivity contribution >= 4 is 11.7 Å². The van der Waals surface area contributed by atoms with Gasteiger partial charge in [-0.25, -0.2) is 9.97 Å². The Labute approximate surface area is 171 Å². The first kappa shape index (κ1) is 19.4. The Balaban J connectivity index is 1.70. The van der Waals surface area contributed by atoms with Crippen molar-refractivity contribution in [3.05, 3.63) is 35.8 Å². The van der Waals surface area contributed by atoms with E-state index < -0.39 is 5.54 Å². The molecule has 2 aromatic rings. The molecule has 152 valence electrons. The Bertz CT molecular complexity index is 962. The van der Waals surface area contributed by atoms with Crippen LogP contribution in [0.2, 0.25) is 0 Å². The molecule has 1 saturated heterocycles. The Hall–Kier alpha value is -2.95. The zero-order chi connectivity index (χ0) is 20.6. The molecule has 1 fully saturated rings. The van der Waals surface area contributed by atoms with E-state index in [1.165, 1.54) is 11.9 Å². The summed E-state index contributed by atoms with van der Waals surface area (Å²) in [6.45, 7) is 6.32. The molecule has 8 nitrogen and oxygen atoms in total. The zero-order valence-electron chi connectivity index (χ0n) is 17.3. The van der Waals surface area contributed by atoms with Crippen LogP contribution in [0, 0.1) is 17.2 Å². The summed E-state index contributed by atoms with van der Waals surface area (Å²) in [7, 11) is 2.02. The number of rotatable bonds is 4. The van der Waals surface area contributed by atoms with Gasteiger partial charge in [0.05, 0.1) is 24.4 Å². The summed E-state index contributed by atoms with van der Waals surface area (Å²) in [5.74, 6) is 1.24. The number of amides is 1. The fourth-order valence-electron chi connectivity index (χ4n) is 4.58. The molecule has 4 heterocycles. The van der Waals surface area contributed by atoms with Crippen LogP contribution in [0.25, 0.3) is 0 Å². The summed E-state index contributed by atoms with van der Waals surface area (Å²) in [6.07, 6.45) is 8.18. The average Bonchev–Trinajstić information content (AvgIpc) is 3.34. The molecule has 0 saturated carbocycles. The van der Waals surface area contributed by atoms with Crippen LogP contribution in [0.5, 0.6) is 0 Å². The maximum Gasteiger partial charge on any atom is 0.223 e. The molecule has 1 amide bonds. The van der Waals surface area contributed by atoms with Gasteiger partial charge < -0.3 is 14.4 Å². The number of anilines is 1. The lowest BCUT2D eigenvalue weighted by Crippen LogP contribution is -2.55. The molecule has 0 radical (unpaired) electrons. The smallest absolute Gasteiger partial charge is 0.223 e. The van der Waals surface area contributed by atoms with E-state index in [1.807, 2.05) is 13.4 Å². The van der Waals surface area contributed by atoms with Crippen molar-refractivity contribution in [2.24, 2.45) is 13.0 Å². The fraction of sp³-hybridized carbons (Fsp3) is 0.571. The molecule has 4 rings (SSSR count). The average molecular weight is 393 g/mol. The minimum absolute atomic E-state index is 0.203. The van der Waals surface area contributed by atoms with Gasteiger partial charge in [0.25, 0.3) is 0 Å². The Morgan fingerprint density at radius 1 is 1.38 bits per heavy atom. The van der Waals surface area contributed by atoms with E-state index >= 15 is 0 Å². The van der Waals surface area contributed by atoms with E-state index in [1.54, 1.807) is 6.20 Å². The third kappa shape index (κ3) is 3.24. The van der Waals surface area contributed by atoms with E-state index in [-0.39, 0.29) is 5.91 Å². The van der Waals surface area contributed by atoms with E-state index in [4.69, 9.17) is 10.2 Å². The van der Waals surface area contributed by atoms with E-state index in [0.29, 0.717) is 36.9 Å². The maximum atomic E-state index is 13.3. The highest BCUT2D eigenvalue weighted by Crippen LogP contribution is 2.43. The van der Waals surface area contributed by atoms with Crippen LogP contribution in [-0.2, 0) is 23.8 Å². The lowest BCUT2D eigenvalue weighted by molar-refractivity contribution is -0.139. The van der Waals surface area contributed by atoms with Gasteiger partial charge in [0.1, 0.15) is 17.4 Å². The molecule has 0 N–H and O–H groups in total. The number of hydrogen-bond acceptors (Lipinski definition) is 6. The molecule has 0 bridgehead atoms. The van der Waals surface area contributed by atoms with Gasteiger partial charge in [-0.15, -0.1) is 0 Å². The number of carbonyl (C=O) groups excluding carboxylic acids is 1. The number of fused-ring (bicyclic) bond motifs is 2. The molecule has 2 aliphatic rings. The summed E-state index contributed by atoms with van der Waals surface area (Å²) in [5, 5.41) is 9.17. The van der Waals surface area contributed by atoms with Crippen LogP contribution in [0.4, 0.5) is 5.82 Å². The van der Waals surface area contributed by atoms with E-state index in [0.717, 1.165) is 31.5 Å². The molecule has 2 unspecified atom stereocenters. The summed E-state index contributed by atoms with van der Waals surface area (Å²) in [5.41, 5.74) is 2.06. The second-order valence-electron chi connectivity index (χ2n) is 8.24. The zero-order valence-corrected chi connectivity index (χ0v) is 17.3. The van der Waals surface area contributed by atoms with Gasteiger partial charge in [-0.3, -0.25) is 9.78 Å². The minimum atomic E-state index is -0.455. The Morgan fingerprint density at radius 3 is 2.97 bits per heavy atom. The second-order valence-corrected chi connectivity index (χ2v) is 8.24. The van der Waals surface area contributed by atoms with Gasteiger partial charge in [0.2, 0.25) is 5.91 Å². The number of hydrogen-bond donors (Lipinski definition) is 0. The number of nitriles is 1. The van der Waals surface area contributed by atoms with E-state index in [9.17, 15) is 4.79 Å². The lowest BCUT2D eigenvalue weighted by atomic mass is 9.85. The first-order chi connectivity index (χ1) is 14.0. The molecule has 29 heavy (non-hydrogen) atoms. The lowest BCUT2D eigenvalue weighted by Gasteiger charge is -2.44. The molecule has 8 heteroatoms. The molecular weight excluding hydrogens is 366 g/mol. The number of carbonyl (C=O) groups is 1. The number of imidazole rings is 1. The third-order valence-corrected chi connectivity index (χ3v) is 6.42. The minimum Gasteiger partial charge on any atom is -0.352 e. The van der Waals surface area contributed by atoms with Gasteiger partial charge in [0, 0.05) is 45.2 Å². The molecule has 0 aliphatic carbocycles. The predicted molar refractivity (Wildman–Crippen MR) is 108 cm³/mol. The monoisotopic (exact) mass is 393 g/mol. The van der Waals surface area contributed by atoms with Crippen molar-refractivity contribution < 1.29 is 4.79 Å². The van der Waals surface area contributed by atoms with E-state index in [2.05, 4.69) is 44.3 Å². The summed E-state index contributed by atoms with van der Waals surface area (Å²) < 4.78 is 2.08. The van der Waals surface area contributed by atoms with Crippen LogP contribution in [0.15, 0.2) is 18.7 Å². The van der Waals surface area contributed by atoms with Crippen molar-refractivity contribution in [3.8, 4) is 6.07 Å². The SMILES string of the molecule is CCC(C)CC(=O)N1CCc2c(ncn2C)C12CCN(c1cncc(C#N)n1)C2. The molecule has 0 aromatic carbocycles. The predicted octanol–water partition coefficient (Wildman–Crippen LogP) is 2.01. The van der Waals surface area contributed by atoms with Crippen LogP contribution in [-0.4, -0.2) is 50.0 Å². The fourth-order valence-corrected chi connectivity index (χ4v) is 4.58. The summed E-state index contributed by atoms with van der Waals surface area (Å²) in [6, 6.07) is 2.06. The van der Waals surface area contributed by atoms with Crippen molar-refractivity contribution in [2.45, 2.75) is 45.1 Å². The first-order valence-corrected chi connectivity index (χ1v) is 10.3. The molecule has 2 aromatic heterocycles. The van der Waals surface area contributed by atoms with Crippen LogP contribution < -0.4 is 4.90 Å². The van der Waals surface area contributed by atoms with Gasteiger partial charge >= 0.3 is 0 Å². The highest BCUT2D eigenvalue weighted by molar-refractivity contribution is 5.78. The summed E-state index contributed by atoms with van der Waals surface area (Å²) >= 11 is 0. The third-order valence-electron chi connectivity index (χ3n) is 6.42. The molecule has 2 aliphatic heterocycles. The number of aromatic nitrogens is 4. The first-order valence-electron chi connectivity index (χ1n) is 10.3. The maximum absolute atomic E-state index is 13.3. The van der Waals surface area contributed by atoms with Gasteiger partial charge in [-0.1, -0.05) is 20.3 Å². The number of nitrogens with zero attached hydrogens (tertiary/aromatic N) is 7. The topological polar surface area (TPSA) is 90.9 Å². The highest BCUT2D eigenvalue weighted by Gasteiger charge is 2.51. The van der Waals surface area contributed by atoms with Gasteiger partial charge in [-0.05, 0) is 12.3 Å². The van der Waals surface area contributed by atoms with Crippen molar-refractivity contribution in [3.63, 3.8) is 0 Å². The Kier molecular flexibility index (Phi) is 4.99. The highest BCUT2D eigenvalue weighted by atomic mass is 16.2. The number of aryl methyl sites for hydroxylation is 1. The molecule has 1 spiro atoms. The normalized spacial score (nSPS) is 21.9. The van der Waals surface area contributed by atoms with Gasteiger partial charge in [0.15, 0.2) is 5.69 Å². The van der Waals surface area contributed by atoms with Crippen LogP contribution in [0.1, 0.15) is 50.2 Å². The van der Waals surface area contributed by atoms with Crippen molar-refractivity contribution in [1.82, 2.24) is 24.4 Å². The molecule has 2 atom stereocenters. The van der Waals surface area contributed by atoms with Gasteiger partial charge in [-0.2, -0.15) is 5.26 Å². The van der Waals surface area contributed by atoms with Crippen molar-refractivity contribution in [1.29, 1.82) is 5.26 Å². The molecular formula is C21H27N7O. The quantitative estimate of drug-likeness (QED) is 0.789. The largest absolute Gasteiger partial charge is 0.352 e. The Morgan fingerprint density at radius 2 is 2.21 bits per heavy atom. The summed E-state index contributed by atoms with van der Waals surface area (Å²) in [4.78, 5) is 30.8. The van der Waals surface area contributed by atoms with Crippen molar-refractivity contribution in [2.75, 3.05) is 24.5 Å². The van der Waals surface area contributed by atoms with Crippen LogP contribution in [0.3, 0.4) is 0 Å². The van der Waals surface area contributed by atoms with Crippen LogP contribution >= 0.6 is 0 Å².